The van der Waals surface area contributed by atoms with Gasteiger partial charge in [-0.15, -0.1) is 0 Å². The molecule has 122 valence electrons. The lowest BCUT2D eigenvalue weighted by molar-refractivity contribution is -0.177. The highest BCUT2D eigenvalue weighted by Gasteiger charge is 2.62. The molecule has 4 bridgehead atoms. The predicted molar refractivity (Wildman–Crippen MR) is 83.0 cm³/mol. The summed E-state index contributed by atoms with van der Waals surface area (Å²) in [4.78, 5) is 15.3. The molecule has 3 N–H and O–H groups in total. The third-order valence-corrected chi connectivity index (χ3v) is 7.69. The maximum absolute atomic E-state index is 13.1. The number of likely N-dealkylation sites (tertiary alicyclic amines) is 1. The molecule has 1 saturated heterocycles. The van der Waals surface area contributed by atoms with Crippen LogP contribution in [-0.4, -0.2) is 39.6 Å². The summed E-state index contributed by atoms with van der Waals surface area (Å²) in [6.07, 6.45) is 10.7. The van der Waals surface area contributed by atoms with E-state index in [1.165, 1.54) is 25.7 Å². The van der Waals surface area contributed by atoms with Gasteiger partial charge in [0.15, 0.2) is 0 Å². The van der Waals surface area contributed by atoms with E-state index < -0.39 is 5.60 Å². The molecule has 4 heteroatoms. The molecule has 3 unspecified atom stereocenters. The van der Waals surface area contributed by atoms with Gasteiger partial charge in [0, 0.05) is 12.1 Å². The first-order chi connectivity index (χ1) is 10.4. The van der Waals surface area contributed by atoms with E-state index in [1.807, 2.05) is 0 Å². The number of nitrogens with two attached hydrogens (primary N) is 1. The maximum atomic E-state index is 13.1. The normalized spacial score (nSPS) is 48.9. The van der Waals surface area contributed by atoms with Crippen molar-refractivity contribution in [1.82, 2.24) is 4.90 Å². The monoisotopic (exact) mass is 304 g/mol. The Balaban J connectivity index is 1.43. The zero-order valence-corrected chi connectivity index (χ0v) is 13.4. The Morgan fingerprint density at radius 3 is 2.41 bits per heavy atom. The summed E-state index contributed by atoms with van der Waals surface area (Å²) in [5, 5.41) is 10.9. The number of amides is 1. The van der Waals surface area contributed by atoms with E-state index >= 15 is 0 Å². The van der Waals surface area contributed by atoms with Gasteiger partial charge in [-0.25, -0.2) is 0 Å². The van der Waals surface area contributed by atoms with Gasteiger partial charge in [0.25, 0.3) is 0 Å². The molecule has 0 radical (unpaired) electrons. The Kier molecular flexibility index (Phi) is 2.55. The van der Waals surface area contributed by atoms with Gasteiger partial charge in [0.2, 0.25) is 5.91 Å². The zero-order chi connectivity index (χ0) is 15.2. The van der Waals surface area contributed by atoms with E-state index in [2.05, 4.69) is 4.90 Å². The molecule has 5 aliphatic carbocycles. The number of hydrogen-bond donors (Lipinski definition) is 2. The van der Waals surface area contributed by atoms with Crippen molar-refractivity contribution >= 4 is 5.91 Å². The first-order valence-electron chi connectivity index (χ1n) is 9.23. The van der Waals surface area contributed by atoms with Crippen molar-refractivity contribution in [2.24, 2.45) is 23.0 Å². The van der Waals surface area contributed by atoms with E-state index in [1.54, 1.807) is 0 Å². The molecule has 1 aliphatic heterocycles. The van der Waals surface area contributed by atoms with Gasteiger partial charge >= 0.3 is 0 Å². The van der Waals surface area contributed by atoms with Crippen LogP contribution in [0.2, 0.25) is 0 Å². The van der Waals surface area contributed by atoms with Crippen LogP contribution < -0.4 is 5.73 Å². The number of nitrogens with zero attached hydrogens (tertiary/aromatic N) is 1. The minimum Gasteiger partial charge on any atom is -0.390 e. The highest BCUT2D eigenvalue weighted by Crippen LogP contribution is 2.63. The molecule has 1 heterocycles. The third-order valence-electron chi connectivity index (χ3n) is 7.69. The molecule has 1 amide bonds. The number of carbonyl (C=O) groups is 1. The van der Waals surface area contributed by atoms with E-state index in [4.69, 9.17) is 5.73 Å². The molecule has 1 spiro atoms. The van der Waals surface area contributed by atoms with Gasteiger partial charge < -0.3 is 15.7 Å². The third kappa shape index (κ3) is 1.74. The second kappa shape index (κ2) is 4.07. The van der Waals surface area contributed by atoms with Gasteiger partial charge in [0.05, 0.1) is 11.6 Å². The SMILES string of the molecule is NC(C(=O)N1CCCC12CC2)C12CC3CC(CC(O)(C3)C1)C2. The Bertz CT molecular complexity index is 513. The number of hydrogen-bond acceptors (Lipinski definition) is 3. The predicted octanol–water partition coefficient (Wildman–Crippen LogP) is 1.80. The minimum absolute atomic E-state index is 0.116. The van der Waals surface area contributed by atoms with Crippen molar-refractivity contribution in [3.05, 3.63) is 0 Å². The summed E-state index contributed by atoms with van der Waals surface area (Å²) < 4.78 is 0. The quantitative estimate of drug-likeness (QED) is 0.817. The highest BCUT2D eigenvalue weighted by molar-refractivity contribution is 5.84. The molecule has 6 rings (SSSR count). The van der Waals surface area contributed by atoms with Gasteiger partial charge in [-0.3, -0.25) is 4.79 Å². The summed E-state index contributed by atoms with van der Waals surface area (Å²) in [7, 11) is 0. The molecule has 0 aromatic carbocycles. The molecule has 5 saturated carbocycles. The van der Waals surface area contributed by atoms with Gasteiger partial charge in [-0.2, -0.15) is 0 Å². The lowest BCUT2D eigenvalue weighted by Gasteiger charge is -2.61. The average Bonchev–Trinajstić information content (AvgIpc) is 3.06. The fourth-order valence-electron chi connectivity index (χ4n) is 7.02. The second-order valence-corrected chi connectivity index (χ2v) is 9.34. The Morgan fingerprint density at radius 1 is 1.14 bits per heavy atom. The summed E-state index contributed by atoms with van der Waals surface area (Å²) in [5.41, 5.74) is 6.15. The van der Waals surface area contributed by atoms with Crippen LogP contribution in [0.4, 0.5) is 0 Å². The maximum Gasteiger partial charge on any atom is 0.240 e. The summed E-state index contributed by atoms with van der Waals surface area (Å²) in [6, 6.07) is -0.388. The smallest absolute Gasteiger partial charge is 0.240 e. The first kappa shape index (κ1) is 13.8. The number of rotatable bonds is 2. The Morgan fingerprint density at radius 2 is 1.82 bits per heavy atom. The van der Waals surface area contributed by atoms with Crippen molar-refractivity contribution in [2.45, 2.75) is 81.4 Å². The largest absolute Gasteiger partial charge is 0.390 e. The van der Waals surface area contributed by atoms with Crippen molar-refractivity contribution in [3.8, 4) is 0 Å². The van der Waals surface area contributed by atoms with Crippen molar-refractivity contribution in [3.63, 3.8) is 0 Å². The molecular weight excluding hydrogens is 276 g/mol. The molecule has 4 nitrogen and oxygen atoms in total. The van der Waals surface area contributed by atoms with Crippen LogP contribution in [0.3, 0.4) is 0 Å². The summed E-state index contributed by atoms with van der Waals surface area (Å²) >= 11 is 0. The van der Waals surface area contributed by atoms with E-state index in [9.17, 15) is 9.90 Å². The van der Waals surface area contributed by atoms with Crippen LogP contribution in [0, 0.1) is 17.3 Å². The number of carbonyl (C=O) groups excluding carboxylic acids is 1. The van der Waals surface area contributed by atoms with E-state index in [0.29, 0.717) is 11.8 Å². The van der Waals surface area contributed by atoms with E-state index in [0.717, 1.165) is 45.1 Å². The molecule has 6 aliphatic rings. The highest BCUT2D eigenvalue weighted by atomic mass is 16.3. The van der Waals surface area contributed by atoms with Gasteiger partial charge in [-0.05, 0) is 81.5 Å². The van der Waals surface area contributed by atoms with Crippen LogP contribution in [0.25, 0.3) is 0 Å². The standard InChI is InChI=1S/C18H28N2O2/c19-14(15(21)20-5-1-2-17(20)3-4-17)16-7-12-6-13(8-16)10-18(22,9-12)11-16/h12-14,22H,1-11,19H2. The fourth-order valence-corrected chi connectivity index (χ4v) is 7.02. The lowest BCUT2D eigenvalue weighted by Crippen LogP contribution is -2.64. The molecule has 0 aromatic heterocycles. The zero-order valence-electron chi connectivity index (χ0n) is 13.4. The summed E-state index contributed by atoms with van der Waals surface area (Å²) in [6.45, 7) is 0.903. The molecule has 0 aromatic rings. The summed E-state index contributed by atoms with van der Waals surface area (Å²) in [5.74, 6) is 1.39. The first-order valence-corrected chi connectivity index (χ1v) is 9.23. The Labute approximate surface area is 132 Å². The topological polar surface area (TPSA) is 66.6 Å². The lowest BCUT2D eigenvalue weighted by atomic mass is 9.46. The van der Waals surface area contributed by atoms with Crippen LogP contribution in [0.1, 0.15) is 64.2 Å². The molecular formula is C18H28N2O2. The van der Waals surface area contributed by atoms with Crippen LogP contribution in [-0.2, 0) is 4.79 Å². The van der Waals surface area contributed by atoms with Crippen LogP contribution >= 0.6 is 0 Å². The van der Waals surface area contributed by atoms with Gasteiger partial charge in [-0.1, -0.05) is 0 Å². The molecule has 22 heavy (non-hydrogen) atoms. The van der Waals surface area contributed by atoms with Crippen LogP contribution in [0.15, 0.2) is 0 Å². The van der Waals surface area contributed by atoms with Crippen molar-refractivity contribution < 1.29 is 9.90 Å². The fraction of sp³-hybridized carbons (Fsp3) is 0.944. The van der Waals surface area contributed by atoms with Crippen molar-refractivity contribution in [1.29, 1.82) is 0 Å². The molecule has 6 fully saturated rings. The van der Waals surface area contributed by atoms with E-state index in [-0.39, 0.29) is 22.9 Å². The average molecular weight is 304 g/mol. The Hall–Kier alpha value is -0.610. The van der Waals surface area contributed by atoms with Gasteiger partial charge in [0.1, 0.15) is 0 Å². The van der Waals surface area contributed by atoms with Crippen molar-refractivity contribution in [2.75, 3.05) is 6.54 Å². The second-order valence-electron chi connectivity index (χ2n) is 9.34. The molecule has 3 atom stereocenters. The minimum atomic E-state index is -0.524. The number of aliphatic hydroxyl groups is 1. The van der Waals surface area contributed by atoms with Crippen LogP contribution in [0.5, 0.6) is 0 Å².